The van der Waals surface area contributed by atoms with Crippen LogP contribution in [0, 0.1) is 6.92 Å². The Labute approximate surface area is 137 Å². The number of rotatable bonds is 6. The van der Waals surface area contributed by atoms with Crippen LogP contribution in [0.2, 0.25) is 0 Å². The second-order valence-corrected chi connectivity index (χ2v) is 4.90. The molecule has 0 spiro atoms. The Morgan fingerprint density at radius 2 is 1.82 bits per heavy atom. The number of benzene rings is 1. The maximum atomic E-state index is 12.2. The van der Waals surface area contributed by atoms with E-state index in [0.29, 0.717) is 25.6 Å². The fourth-order valence-corrected chi connectivity index (χ4v) is 2.10. The quantitative estimate of drug-likeness (QED) is 0.819. The van der Waals surface area contributed by atoms with Gasteiger partial charge >= 0.3 is 0 Å². The van der Waals surface area contributed by atoms with Gasteiger partial charge in [0.15, 0.2) is 5.75 Å². The summed E-state index contributed by atoms with van der Waals surface area (Å²) in [5, 5.41) is 0. The van der Waals surface area contributed by atoms with Crippen molar-refractivity contribution < 1.29 is 9.47 Å². The van der Waals surface area contributed by atoms with Crippen LogP contribution in [0.1, 0.15) is 23.9 Å². The molecule has 0 saturated heterocycles. The molecule has 0 fully saturated rings. The van der Waals surface area contributed by atoms with E-state index in [2.05, 4.69) is 0 Å². The molecule has 0 bridgehead atoms. The van der Waals surface area contributed by atoms with Crippen molar-refractivity contribution in [3.63, 3.8) is 0 Å². The van der Waals surface area contributed by atoms with E-state index in [-0.39, 0.29) is 17.8 Å². The highest BCUT2D eigenvalue weighted by molar-refractivity contribution is 5.85. The second-order valence-electron chi connectivity index (χ2n) is 4.90. The maximum absolute atomic E-state index is 12.2. The van der Waals surface area contributed by atoms with Crippen LogP contribution in [0.15, 0.2) is 41.2 Å². The molecule has 1 heterocycles. The molecule has 4 nitrogen and oxygen atoms in total. The molecule has 0 unspecified atom stereocenters. The van der Waals surface area contributed by atoms with Crippen molar-refractivity contribution >= 4 is 12.4 Å². The lowest BCUT2D eigenvalue weighted by Gasteiger charge is -2.17. The van der Waals surface area contributed by atoms with Crippen molar-refractivity contribution in [1.29, 1.82) is 0 Å². The molecule has 1 aromatic heterocycles. The van der Waals surface area contributed by atoms with Crippen molar-refractivity contribution in [2.24, 2.45) is 7.05 Å². The maximum Gasteiger partial charge on any atom is 0.224 e. The van der Waals surface area contributed by atoms with Crippen LogP contribution in [0.3, 0.4) is 0 Å². The average Bonchev–Trinajstić information content (AvgIpc) is 2.49. The minimum atomic E-state index is -0.101. The summed E-state index contributed by atoms with van der Waals surface area (Å²) in [6.07, 6.45) is 0. The predicted molar refractivity (Wildman–Crippen MR) is 89.8 cm³/mol. The highest BCUT2D eigenvalue weighted by atomic mass is 35.5. The molecule has 22 heavy (non-hydrogen) atoms. The third-order valence-electron chi connectivity index (χ3n) is 3.43. The largest absolute Gasteiger partial charge is 0.483 e. The molecule has 0 saturated carbocycles. The molecule has 1 aromatic carbocycles. The van der Waals surface area contributed by atoms with Crippen molar-refractivity contribution in [3.8, 4) is 5.75 Å². The fourth-order valence-electron chi connectivity index (χ4n) is 2.10. The fraction of sp³-hybridized carbons (Fsp3) is 0.353. The number of pyridine rings is 1. The van der Waals surface area contributed by atoms with E-state index >= 15 is 0 Å². The summed E-state index contributed by atoms with van der Waals surface area (Å²) in [6, 6.07) is 11.4. The van der Waals surface area contributed by atoms with Gasteiger partial charge in [0, 0.05) is 25.4 Å². The lowest BCUT2D eigenvalue weighted by Crippen LogP contribution is -2.18. The number of aryl methyl sites for hydroxylation is 1. The summed E-state index contributed by atoms with van der Waals surface area (Å²) >= 11 is 0. The zero-order valence-electron chi connectivity index (χ0n) is 13.2. The summed E-state index contributed by atoms with van der Waals surface area (Å²) in [5.74, 6) is 0.375. The summed E-state index contributed by atoms with van der Waals surface area (Å²) in [7, 11) is 1.92. The van der Waals surface area contributed by atoms with E-state index in [0.717, 1.165) is 17.0 Å². The van der Waals surface area contributed by atoms with Crippen LogP contribution in [0.4, 0.5) is 0 Å². The van der Waals surface area contributed by atoms with Crippen LogP contribution >= 0.6 is 12.4 Å². The van der Waals surface area contributed by atoms with Gasteiger partial charge in [-0.25, -0.2) is 0 Å². The summed E-state index contributed by atoms with van der Waals surface area (Å²) in [5.41, 5.74) is 2.60. The Hall–Kier alpha value is -1.78. The number of hydrogen-bond donors (Lipinski definition) is 0. The molecule has 120 valence electrons. The zero-order valence-corrected chi connectivity index (χ0v) is 14.0. The first kappa shape index (κ1) is 18.3. The molecular formula is C17H22ClNO3. The van der Waals surface area contributed by atoms with Crippen molar-refractivity contribution in [2.75, 3.05) is 6.61 Å². The van der Waals surface area contributed by atoms with Crippen LogP contribution in [-0.4, -0.2) is 11.2 Å². The standard InChI is InChI=1S/C17H21NO3.ClH/c1-4-20-12-15-17(16(19)10-13(2)18(15)3)21-11-14-8-6-5-7-9-14;/h5-10H,4,11-12H2,1-3H3;1H. The number of nitrogens with zero attached hydrogens (tertiary/aromatic N) is 1. The smallest absolute Gasteiger partial charge is 0.224 e. The lowest BCUT2D eigenvalue weighted by molar-refractivity contribution is 0.124. The Morgan fingerprint density at radius 3 is 2.45 bits per heavy atom. The van der Waals surface area contributed by atoms with Crippen LogP contribution in [-0.2, 0) is 25.0 Å². The van der Waals surface area contributed by atoms with Gasteiger partial charge < -0.3 is 14.0 Å². The normalized spacial score (nSPS) is 10.1. The van der Waals surface area contributed by atoms with Gasteiger partial charge in [-0.3, -0.25) is 4.79 Å². The van der Waals surface area contributed by atoms with E-state index in [1.54, 1.807) is 6.07 Å². The number of hydrogen-bond acceptors (Lipinski definition) is 3. The lowest BCUT2D eigenvalue weighted by atomic mass is 10.2. The minimum absolute atomic E-state index is 0. The van der Waals surface area contributed by atoms with Crippen molar-refractivity contribution in [3.05, 3.63) is 63.6 Å². The minimum Gasteiger partial charge on any atom is -0.483 e. The van der Waals surface area contributed by atoms with Gasteiger partial charge in [0.1, 0.15) is 6.61 Å². The molecule has 0 aliphatic carbocycles. The molecule has 2 rings (SSSR count). The number of ether oxygens (including phenoxy) is 2. The molecule has 0 atom stereocenters. The van der Waals surface area contributed by atoms with Gasteiger partial charge in [-0.05, 0) is 19.4 Å². The number of aromatic nitrogens is 1. The highest BCUT2D eigenvalue weighted by Gasteiger charge is 2.13. The van der Waals surface area contributed by atoms with Gasteiger partial charge in [-0.15, -0.1) is 12.4 Å². The Bertz CT molecular complexity index is 653. The van der Waals surface area contributed by atoms with E-state index < -0.39 is 0 Å². The Morgan fingerprint density at radius 1 is 1.14 bits per heavy atom. The first-order valence-corrected chi connectivity index (χ1v) is 7.07. The summed E-state index contributed by atoms with van der Waals surface area (Å²) in [4.78, 5) is 12.2. The molecule has 0 radical (unpaired) electrons. The molecule has 0 aliphatic heterocycles. The van der Waals surface area contributed by atoms with E-state index in [1.165, 1.54) is 0 Å². The molecule has 0 amide bonds. The Kier molecular flexibility index (Phi) is 7.15. The van der Waals surface area contributed by atoms with E-state index in [1.807, 2.05) is 55.8 Å². The van der Waals surface area contributed by atoms with Crippen LogP contribution in [0.5, 0.6) is 5.75 Å². The average molecular weight is 324 g/mol. The topological polar surface area (TPSA) is 40.5 Å². The van der Waals surface area contributed by atoms with Gasteiger partial charge in [0.05, 0.1) is 12.3 Å². The molecule has 2 aromatic rings. The van der Waals surface area contributed by atoms with E-state index in [9.17, 15) is 4.79 Å². The molecule has 0 N–H and O–H groups in total. The predicted octanol–water partition coefficient (Wildman–Crippen LogP) is 3.23. The van der Waals surface area contributed by atoms with Gasteiger partial charge in [0.25, 0.3) is 0 Å². The molecular weight excluding hydrogens is 302 g/mol. The van der Waals surface area contributed by atoms with Gasteiger partial charge in [0.2, 0.25) is 5.43 Å². The van der Waals surface area contributed by atoms with Crippen LogP contribution in [0.25, 0.3) is 0 Å². The zero-order chi connectivity index (χ0) is 15.2. The van der Waals surface area contributed by atoms with E-state index in [4.69, 9.17) is 9.47 Å². The highest BCUT2D eigenvalue weighted by Crippen LogP contribution is 2.17. The second kappa shape index (κ2) is 8.61. The third kappa shape index (κ3) is 4.36. The molecule has 0 aliphatic rings. The summed E-state index contributed by atoms with van der Waals surface area (Å²) in [6.45, 7) is 5.17. The summed E-state index contributed by atoms with van der Waals surface area (Å²) < 4.78 is 13.2. The monoisotopic (exact) mass is 323 g/mol. The Balaban J connectivity index is 0.00000242. The molecule has 5 heteroatoms. The third-order valence-corrected chi connectivity index (χ3v) is 3.43. The SMILES string of the molecule is CCOCc1c(OCc2ccccc2)c(=O)cc(C)n1C.Cl. The van der Waals surface area contributed by atoms with Gasteiger partial charge in [-0.2, -0.15) is 0 Å². The van der Waals surface area contributed by atoms with Crippen molar-refractivity contribution in [1.82, 2.24) is 4.57 Å². The number of halogens is 1. The first-order chi connectivity index (χ1) is 10.1. The first-order valence-electron chi connectivity index (χ1n) is 7.07. The van der Waals surface area contributed by atoms with Crippen molar-refractivity contribution in [2.45, 2.75) is 27.1 Å². The van der Waals surface area contributed by atoms with Gasteiger partial charge in [-0.1, -0.05) is 30.3 Å². The van der Waals surface area contributed by atoms with Crippen LogP contribution < -0.4 is 10.2 Å².